The van der Waals surface area contributed by atoms with Crippen molar-refractivity contribution in [3.05, 3.63) is 0 Å². The maximum absolute atomic E-state index is 3.49. The van der Waals surface area contributed by atoms with Gasteiger partial charge in [0.05, 0.1) is 0 Å². The second-order valence-corrected chi connectivity index (χ2v) is 3.31. The molecular formula is C6H9N. The van der Waals surface area contributed by atoms with Crippen LogP contribution in [-0.4, -0.2) is 12.1 Å². The molecule has 1 heteroatoms. The van der Waals surface area contributed by atoms with Crippen molar-refractivity contribution < 1.29 is 0 Å². The molecule has 0 aromatic rings. The largest absolute Gasteiger partial charge is 0.311 e. The van der Waals surface area contributed by atoms with Gasteiger partial charge in [-0.1, -0.05) is 0 Å². The molecule has 1 saturated heterocycles. The molecule has 1 unspecified atom stereocenters. The van der Waals surface area contributed by atoms with E-state index in [0.717, 1.165) is 11.5 Å². The lowest BCUT2D eigenvalue weighted by molar-refractivity contribution is -0.200. The Hall–Kier alpha value is -0.0400. The molecule has 4 aliphatic rings. The average molecular weight is 95.1 g/mol. The van der Waals surface area contributed by atoms with E-state index in [9.17, 15) is 0 Å². The summed E-state index contributed by atoms with van der Waals surface area (Å²) in [5.41, 5.74) is 0.755. The predicted octanol–water partition coefficient (Wildman–Crippen LogP) is 0.368. The highest BCUT2D eigenvalue weighted by atomic mass is 15.2. The molecule has 38 valence electrons. The van der Waals surface area contributed by atoms with Gasteiger partial charge < -0.3 is 5.32 Å². The van der Waals surface area contributed by atoms with Gasteiger partial charge >= 0.3 is 0 Å². The van der Waals surface area contributed by atoms with Gasteiger partial charge in [0, 0.05) is 12.1 Å². The monoisotopic (exact) mass is 95.1 g/mol. The average Bonchev–Trinajstić information content (AvgIpc) is 1.52. The van der Waals surface area contributed by atoms with Crippen LogP contribution in [-0.2, 0) is 0 Å². The number of piperidine rings is 2. The van der Waals surface area contributed by atoms with Gasteiger partial charge in [0.15, 0.2) is 0 Å². The second kappa shape index (κ2) is 0.576. The molecule has 0 amide bonds. The van der Waals surface area contributed by atoms with Gasteiger partial charge in [0.25, 0.3) is 0 Å². The van der Waals surface area contributed by atoms with E-state index < -0.39 is 0 Å². The molecule has 3 aliphatic carbocycles. The van der Waals surface area contributed by atoms with Gasteiger partial charge in [-0.2, -0.15) is 0 Å². The first-order valence-corrected chi connectivity index (χ1v) is 3.16. The van der Waals surface area contributed by atoms with Crippen molar-refractivity contribution in [2.45, 2.75) is 18.4 Å². The topological polar surface area (TPSA) is 12.0 Å². The van der Waals surface area contributed by atoms with Gasteiger partial charge in [0.1, 0.15) is 0 Å². The van der Waals surface area contributed by atoms with Crippen LogP contribution in [0.2, 0.25) is 0 Å². The molecule has 0 aromatic carbocycles. The molecule has 1 nitrogen and oxygen atoms in total. The third-order valence-corrected chi connectivity index (χ3v) is 3.21. The summed E-state index contributed by atoms with van der Waals surface area (Å²) in [6.45, 7) is 1.34. The fourth-order valence-electron chi connectivity index (χ4n) is 2.41. The maximum atomic E-state index is 3.49. The molecule has 1 aliphatic heterocycles. The van der Waals surface area contributed by atoms with E-state index in [-0.39, 0.29) is 0 Å². The van der Waals surface area contributed by atoms with E-state index in [4.69, 9.17) is 0 Å². The highest BCUT2D eigenvalue weighted by Crippen LogP contribution is 2.66. The van der Waals surface area contributed by atoms with Crippen molar-refractivity contribution in [1.82, 2.24) is 5.32 Å². The Balaban J connectivity index is 2.06. The van der Waals surface area contributed by atoms with Crippen molar-refractivity contribution in [2.24, 2.45) is 11.8 Å². The molecule has 1 spiro atoms. The highest BCUT2D eigenvalue weighted by molar-refractivity contribution is 5.26. The van der Waals surface area contributed by atoms with E-state index in [1.54, 1.807) is 0 Å². The van der Waals surface area contributed by atoms with E-state index in [0.29, 0.717) is 0 Å². The lowest BCUT2D eigenvalue weighted by Gasteiger charge is -2.76. The molecule has 2 bridgehead atoms. The number of rotatable bonds is 0. The lowest BCUT2D eigenvalue weighted by atomic mass is 9.38. The van der Waals surface area contributed by atoms with Crippen molar-refractivity contribution in [1.29, 1.82) is 0 Å². The smallest absolute Gasteiger partial charge is 0.0230 e. The third kappa shape index (κ3) is 0.139. The van der Waals surface area contributed by atoms with Crippen molar-refractivity contribution in [3.63, 3.8) is 0 Å². The number of hydrogen-bond acceptors (Lipinski definition) is 1. The highest BCUT2D eigenvalue weighted by Gasteiger charge is 2.70. The van der Waals surface area contributed by atoms with Crippen LogP contribution in [0.15, 0.2) is 0 Å². The van der Waals surface area contributed by atoms with Crippen LogP contribution in [0, 0.1) is 11.8 Å². The Bertz CT molecular complexity index is 119. The fourth-order valence-corrected chi connectivity index (χ4v) is 2.41. The lowest BCUT2D eigenvalue weighted by Crippen LogP contribution is -2.85. The number of nitrogens with one attached hydrogen (secondary N) is 1. The molecule has 1 atom stereocenters. The Labute approximate surface area is 43.1 Å². The minimum absolute atomic E-state index is 0.755. The van der Waals surface area contributed by atoms with E-state index in [1.807, 2.05) is 0 Å². The Kier molecular flexibility index (Phi) is 0.253. The summed E-state index contributed by atoms with van der Waals surface area (Å²) >= 11 is 0. The molecule has 4 rings (SSSR count). The van der Waals surface area contributed by atoms with E-state index in [1.165, 1.54) is 25.3 Å². The molecule has 3 saturated carbocycles. The van der Waals surface area contributed by atoms with Gasteiger partial charge in [-0.25, -0.2) is 0 Å². The normalized spacial score (nSPS) is 72.0. The summed E-state index contributed by atoms with van der Waals surface area (Å²) in [5, 5.41) is 3.49. The zero-order valence-electron chi connectivity index (χ0n) is 4.28. The van der Waals surface area contributed by atoms with Crippen LogP contribution in [0.25, 0.3) is 0 Å². The molecular weight excluding hydrogens is 86.1 g/mol. The standard InChI is InChI=1S/C6H9N/c1-4-2-6(1)5(4)3-7-6/h4-5,7H,1-3H2. The fraction of sp³-hybridized carbons (Fsp3) is 1.00. The third-order valence-electron chi connectivity index (χ3n) is 3.21. The molecule has 7 heavy (non-hydrogen) atoms. The molecule has 4 fully saturated rings. The summed E-state index contributed by atoms with van der Waals surface area (Å²) in [7, 11) is 0. The maximum Gasteiger partial charge on any atom is 0.0230 e. The Morgan fingerprint density at radius 3 is 2.14 bits per heavy atom. The SMILES string of the molecule is C1NC23CC(C2)C13. The molecule has 0 radical (unpaired) electrons. The summed E-state index contributed by atoms with van der Waals surface area (Å²) in [4.78, 5) is 0. The summed E-state index contributed by atoms with van der Waals surface area (Å²) in [6, 6.07) is 0. The van der Waals surface area contributed by atoms with Gasteiger partial charge in [-0.15, -0.1) is 0 Å². The van der Waals surface area contributed by atoms with Crippen molar-refractivity contribution in [3.8, 4) is 0 Å². The van der Waals surface area contributed by atoms with Gasteiger partial charge in [0.2, 0.25) is 0 Å². The summed E-state index contributed by atoms with van der Waals surface area (Å²) in [6.07, 6.45) is 3.02. The van der Waals surface area contributed by atoms with Crippen LogP contribution in [0.5, 0.6) is 0 Å². The molecule has 1 heterocycles. The minimum Gasteiger partial charge on any atom is -0.311 e. The first-order chi connectivity index (χ1) is 3.41. The van der Waals surface area contributed by atoms with E-state index in [2.05, 4.69) is 5.32 Å². The van der Waals surface area contributed by atoms with Crippen LogP contribution < -0.4 is 5.32 Å². The predicted molar refractivity (Wildman–Crippen MR) is 26.9 cm³/mol. The Morgan fingerprint density at radius 1 is 1.43 bits per heavy atom. The zero-order valence-corrected chi connectivity index (χ0v) is 4.28. The van der Waals surface area contributed by atoms with Crippen LogP contribution in [0.1, 0.15) is 12.8 Å². The van der Waals surface area contributed by atoms with Gasteiger partial charge in [-0.3, -0.25) is 0 Å². The van der Waals surface area contributed by atoms with Crippen LogP contribution >= 0.6 is 0 Å². The Morgan fingerprint density at radius 2 is 2.14 bits per heavy atom. The van der Waals surface area contributed by atoms with Gasteiger partial charge in [-0.05, 0) is 24.7 Å². The first kappa shape index (κ1) is 3.08. The van der Waals surface area contributed by atoms with Crippen LogP contribution in [0.3, 0.4) is 0 Å². The zero-order chi connectivity index (χ0) is 4.48. The number of hydrogen-bond donors (Lipinski definition) is 1. The molecule has 0 aromatic heterocycles. The molecule has 1 N–H and O–H groups in total. The van der Waals surface area contributed by atoms with Crippen LogP contribution in [0.4, 0.5) is 0 Å². The first-order valence-electron chi connectivity index (χ1n) is 3.16. The van der Waals surface area contributed by atoms with Crippen molar-refractivity contribution >= 4 is 0 Å². The van der Waals surface area contributed by atoms with E-state index >= 15 is 0 Å². The minimum atomic E-state index is 0.755. The summed E-state index contributed by atoms with van der Waals surface area (Å²) in [5.74, 6) is 2.31. The quantitative estimate of drug-likeness (QED) is 0.458. The summed E-state index contributed by atoms with van der Waals surface area (Å²) < 4.78 is 0. The second-order valence-electron chi connectivity index (χ2n) is 3.31. The van der Waals surface area contributed by atoms with Crippen molar-refractivity contribution in [2.75, 3.05) is 6.54 Å².